The van der Waals surface area contributed by atoms with Crippen molar-refractivity contribution in [2.24, 2.45) is 7.05 Å². The van der Waals surface area contributed by atoms with Crippen molar-refractivity contribution in [3.8, 4) is 11.1 Å². The number of benzene rings is 1. The molecule has 0 spiro atoms. The Morgan fingerprint density at radius 2 is 2.13 bits per heavy atom. The predicted octanol–water partition coefficient (Wildman–Crippen LogP) is 5.20. The molecule has 5 rings (SSSR count). The highest BCUT2D eigenvalue weighted by atomic mass is 32.1. The largest absolute Gasteiger partial charge is 0.479 e. The summed E-state index contributed by atoms with van der Waals surface area (Å²) >= 11 is 1.76. The molecule has 4 aromatic rings. The van der Waals surface area contributed by atoms with Crippen molar-refractivity contribution >= 4 is 38.4 Å². The molecule has 31 heavy (non-hydrogen) atoms. The molecule has 0 bridgehead atoms. The fourth-order valence-electron chi connectivity index (χ4n) is 4.78. The number of carboxylic acid groups (broad SMARTS) is 1. The quantitative estimate of drug-likeness (QED) is 0.466. The standard InChI is InChI=1S/C24H25N3O3S/c1-4-30-22(24(28)29)19-13(2)26-23-21(16-7-5-6-8-18(16)31-23)20(19)14-9-10-15-12-25-27(3)17(15)11-14/h9-12,22H,4-8H2,1-3H3,(H,28,29). The van der Waals surface area contributed by atoms with Crippen molar-refractivity contribution in [2.75, 3.05) is 6.61 Å². The Bertz CT molecular complexity index is 1320. The van der Waals surface area contributed by atoms with Crippen molar-refractivity contribution in [3.05, 3.63) is 46.1 Å². The minimum Gasteiger partial charge on any atom is -0.479 e. The molecule has 0 radical (unpaired) electrons. The van der Waals surface area contributed by atoms with E-state index in [2.05, 4.69) is 23.3 Å². The third-order valence-corrected chi connectivity index (χ3v) is 7.37. The second kappa shape index (κ2) is 7.73. The molecule has 3 aromatic heterocycles. The van der Waals surface area contributed by atoms with E-state index in [1.165, 1.54) is 16.9 Å². The van der Waals surface area contributed by atoms with Gasteiger partial charge in [-0.2, -0.15) is 5.10 Å². The average molecular weight is 436 g/mol. The first-order valence-electron chi connectivity index (χ1n) is 10.7. The van der Waals surface area contributed by atoms with Crippen molar-refractivity contribution < 1.29 is 14.6 Å². The van der Waals surface area contributed by atoms with Gasteiger partial charge >= 0.3 is 5.97 Å². The number of pyridine rings is 1. The van der Waals surface area contributed by atoms with Crippen LogP contribution in [0.1, 0.15) is 47.6 Å². The minimum absolute atomic E-state index is 0.316. The first-order valence-corrected chi connectivity index (χ1v) is 11.5. The molecule has 1 N–H and O–H groups in total. The fourth-order valence-corrected chi connectivity index (χ4v) is 6.10. The number of carbonyl (C=O) groups is 1. The maximum atomic E-state index is 12.2. The van der Waals surface area contributed by atoms with Gasteiger partial charge in [0.2, 0.25) is 0 Å². The maximum absolute atomic E-state index is 12.2. The summed E-state index contributed by atoms with van der Waals surface area (Å²) in [5.74, 6) is -0.988. The monoisotopic (exact) mass is 435 g/mol. The lowest BCUT2D eigenvalue weighted by Crippen LogP contribution is -2.18. The van der Waals surface area contributed by atoms with Crippen LogP contribution in [0.15, 0.2) is 24.4 Å². The number of aromatic nitrogens is 3. The molecule has 3 heterocycles. The van der Waals surface area contributed by atoms with Crippen LogP contribution < -0.4 is 0 Å². The van der Waals surface area contributed by atoms with Crippen molar-refractivity contribution in [1.82, 2.24) is 14.8 Å². The third-order valence-electron chi connectivity index (χ3n) is 6.19. The number of aryl methyl sites for hydroxylation is 4. The molecule has 0 aliphatic heterocycles. The van der Waals surface area contributed by atoms with E-state index < -0.39 is 12.1 Å². The number of thiophene rings is 1. The Labute approximate surface area is 184 Å². The van der Waals surface area contributed by atoms with E-state index in [-0.39, 0.29) is 0 Å². The van der Waals surface area contributed by atoms with Crippen molar-refractivity contribution in [2.45, 2.75) is 45.6 Å². The van der Waals surface area contributed by atoms with Gasteiger partial charge in [0.25, 0.3) is 0 Å². The lowest BCUT2D eigenvalue weighted by atomic mass is 9.88. The van der Waals surface area contributed by atoms with Gasteiger partial charge in [0, 0.05) is 46.1 Å². The molecule has 1 aliphatic carbocycles. The number of hydrogen-bond acceptors (Lipinski definition) is 5. The normalized spacial score (nSPS) is 14.8. The van der Waals surface area contributed by atoms with Gasteiger partial charge in [-0.3, -0.25) is 4.68 Å². The number of fused-ring (bicyclic) bond motifs is 4. The molecular formula is C24H25N3O3S. The van der Waals surface area contributed by atoms with E-state index in [0.717, 1.165) is 51.5 Å². The first kappa shape index (κ1) is 20.2. The number of carboxylic acids is 1. The first-order chi connectivity index (χ1) is 15.0. The Morgan fingerprint density at radius 3 is 2.90 bits per heavy atom. The summed E-state index contributed by atoms with van der Waals surface area (Å²) in [4.78, 5) is 19.5. The van der Waals surface area contributed by atoms with Gasteiger partial charge in [0.1, 0.15) is 4.83 Å². The number of hydrogen-bond donors (Lipinski definition) is 1. The summed E-state index contributed by atoms with van der Waals surface area (Å²) in [6, 6.07) is 6.23. The zero-order valence-electron chi connectivity index (χ0n) is 17.9. The van der Waals surface area contributed by atoms with E-state index in [0.29, 0.717) is 17.9 Å². The second-order valence-electron chi connectivity index (χ2n) is 8.09. The number of aliphatic carboxylic acids is 1. The summed E-state index contributed by atoms with van der Waals surface area (Å²) in [6.07, 6.45) is 5.21. The molecule has 7 heteroatoms. The Hall–Kier alpha value is -2.77. The number of nitrogens with zero attached hydrogens (tertiary/aromatic N) is 3. The van der Waals surface area contributed by atoms with Gasteiger partial charge in [-0.25, -0.2) is 9.78 Å². The van der Waals surface area contributed by atoms with Crippen LogP contribution in [0.3, 0.4) is 0 Å². The fraction of sp³-hybridized carbons (Fsp3) is 0.375. The van der Waals surface area contributed by atoms with Crippen LogP contribution in [0, 0.1) is 6.92 Å². The van der Waals surface area contributed by atoms with Crippen LogP contribution in [0.4, 0.5) is 0 Å². The Morgan fingerprint density at radius 1 is 1.32 bits per heavy atom. The number of ether oxygens (including phenoxy) is 1. The summed E-state index contributed by atoms with van der Waals surface area (Å²) in [5.41, 5.74) is 5.66. The smallest absolute Gasteiger partial charge is 0.337 e. The molecule has 1 aliphatic rings. The van der Waals surface area contributed by atoms with Crippen LogP contribution in [-0.4, -0.2) is 32.4 Å². The third kappa shape index (κ3) is 3.23. The molecule has 0 fully saturated rings. The van der Waals surface area contributed by atoms with E-state index in [1.807, 2.05) is 31.8 Å². The Balaban J connectivity index is 1.90. The van der Waals surface area contributed by atoms with Crippen LogP contribution in [-0.2, 0) is 29.4 Å². The van der Waals surface area contributed by atoms with Gasteiger partial charge in [-0.05, 0) is 56.7 Å². The van der Waals surface area contributed by atoms with Crippen LogP contribution in [0.5, 0.6) is 0 Å². The molecule has 1 atom stereocenters. The van der Waals surface area contributed by atoms with Crippen molar-refractivity contribution in [1.29, 1.82) is 0 Å². The molecular weight excluding hydrogens is 410 g/mol. The van der Waals surface area contributed by atoms with Gasteiger partial charge in [-0.15, -0.1) is 11.3 Å². The molecule has 0 amide bonds. The van der Waals surface area contributed by atoms with Gasteiger partial charge < -0.3 is 9.84 Å². The molecule has 6 nitrogen and oxygen atoms in total. The maximum Gasteiger partial charge on any atom is 0.337 e. The molecule has 1 aromatic carbocycles. The Kier molecular flexibility index (Phi) is 5.02. The summed E-state index contributed by atoms with van der Waals surface area (Å²) in [5, 5.41) is 16.6. The van der Waals surface area contributed by atoms with E-state index >= 15 is 0 Å². The van der Waals surface area contributed by atoms with E-state index in [1.54, 1.807) is 11.3 Å². The zero-order valence-corrected chi connectivity index (χ0v) is 18.8. The number of rotatable bonds is 5. The molecule has 160 valence electrons. The lowest BCUT2D eigenvalue weighted by molar-refractivity contribution is -0.150. The van der Waals surface area contributed by atoms with E-state index in [4.69, 9.17) is 9.72 Å². The summed E-state index contributed by atoms with van der Waals surface area (Å²) < 4.78 is 7.60. The second-order valence-corrected chi connectivity index (χ2v) is 9.18. The van der Waals surface area contributed by atoms with Crippen molar-refractivity contribution in [3.63, 3.8) is 0 Å². The van der Waals surface area contributed by atoms with Crippen LogP contribution in [0.25, 0.3) is 32.2 Å². The summed E-state index contributed by atoms with van der Waals surface area (Å²) in [7, 11) is 1.92. The SMILES string of the molecule is CCOC(C(=O)O)c1c(C)nc2sc3c(c2c1-c1ccc2cnn(C)c2c1)CCCC3. The van der Waals surface area contributed by atoms with Gasteiger partial charge in [-0.1, -0.05) is 12.1 Å². The van der Waals surface area contributed by atoms with Gasteiger partial charge in [0.05, 0.1) is 11.7 Å². The topological polar surface area (TPSA) is 77.2 Å². The molecule has 0 saturated heterocycles. The van der Waals surface area contributed by atoms with Gasteiger partial charge in [0.15, 0.2) is 6.10 Å². The minimum atomic E-state index is -1.06. The lowest BCUT2D eigenvalue weighted by Gasteiger charge is -2.21. The highest BCUT2D eigenvalue weighted by Gasteiger charge is 2.31. The summed E-state index contributed by atoms with van der Waals surface area (Å²) in [6.45, 7) is 4.04. The average Bonchev–Trinajstić information content (AvgIpc) is 3.31. The highest BCUT2D eigenvalue weighted by molar-refractivity contribution is 7.19. The highest BCUT2D eigenvalue weighted by Crippen LogP contribution is 2.45. The molecule has 1 unspecified atom stereocenters. The van der Waals surface area contributed by atoms with Crippen LogP contribution >= 0.6 is 11.3 Å². The van der Waals surface area contributed by atoms with Crippen LogP contribution in [0.2, 0.25) is 0 Å². The van der Waals surface area contributed by atoms with E-state index in [9.17, 15) is 9.90 Å². The zero-order chi connectivity index (χ0) is 21.7. The molecule has 0 saturated carbocycles. The predicted molar refractivity (Wildman–Crippen MR) is 123 cm³/mol.